The summed E-state index contributed by atoms with van der Waals surface area (Å²) in [4.78, 5) is 0. The molecule has 27 heavy (non-hydrogen) atoms. The Morgan fingerprint density at radius 2 is 1.56 bits per heavy atom. The summed E-state index contributed by atoms with van der Waals surface area (Å²) in [5.74, 6) is -1.37. The molecule has 1 aromatic heterocycles. The van der Waals surface area contributed by atoms with Gasteiger partial charge in [-0.1, -0.05) is 42.5 Å². The van der Waals surface area contributed by atoms with Crippen molar-refractivity contribution in [2.75, 3.05) is 0 Å². The Labute approximate surface area is 156 Å². The summed E-state index contributed by atoms with van der Waals surface area (Å²) in [7, 11) is 0. The van der Waals surface area contributed by atoms with Crippen molar-refractivity contribution in [2.24, 2.45) is 0 Å². The molecular formula is C22H22F3NO. The largest absolute Gasteiger partial charge is 0.508 e. The average Bonchev–Trinajstić information content (AvgIpc) is 2.99. The summed E-state index contributed by atoms with van der Waals surface area (Å²) in [5.41, 5.74) is 2.75. The van der Waals surface area contributed by atoms with Crippen LogP contribution in [0.25, 0.3) is 0 Å². The van der Waals surface area contributed by atoms with Crippen molar-refractivity contribution in [2.45, 2.75) is 38.4 Å². The van der Waals surface area contributed by atoms with Gasteiger partial charge in [-0.05, 0) is 55.2 Å². The lowest BCUT2D eigenvalue weighted by molar-refractivity contribution is -0.151. The Morgan fingerprint density at radius 1 is 0.889 bits per heavy atom. The summed E-state index contributed by atoms with van der Waals surface area (Å²) in [6, 6.07) is 18.9. The molecule has 0 aliphatic rings. The molecule has 0 radical (unpaired) electrons. The van der Waals surface area contributed by atoms with Crippen molar-refractivity contribution in [1.82, 2.24) is 4.57 Å². The standard InChI is InChI=1S/C22H22F3NO/c1-16-7-12-21(26(16)14-13-17-8-10-19(27)11-9-17)20(22(23,24)25)15-18-5-3-2-4-6-18/h2-12,20,27H,13-15H2,1H3. The SMILES string of the molecule is Cc1ccc(C(Cc2ccccc2)C(F)(F)F)n1CCc1ccc(O)cc1. The highest BCUT2D eigenvalue weighted by molar-refractivity contribution is 5.27. The molecule has 1 unspecified atom stereocenters. The monoisotopic (exact) mass is 373 g/mol. The Bertz CT molecular complexity index is 867. The maximum Gasteiger partial charge on any atom is 0.397 e. The zero-order chi connectivity index (χ0) is 19.4. The number of phenols is 1. The highest BCUT2D eigenvalue weighted by Gasteiger charge is 2.42. The molecule has 1 N–H and O–H groups in total. The Kier molecular flexibility index (Phi) is 5.59. The highest BCUT2D eigenvalue weighted by Crippen LogP contribution is 2.38. The van der Waals surface area contributed by atoms with E-state index in [1.807, 2.05) is 6.92 Å². The number of benzene rings is 2. The quantitative estimate of drug-likeness (QED) is 0.595. The lowest BCUT2D eigenvalue weighted by atomic mass is 9.95. The van der Waals surface area contributed by atoms with Crippen molar-refractivity contribution in [3.05, 3.63) is 89.2 Å². The first-order valence-corrected chi connectivity index (χ1v) is 8.89. The first-order valence-electron chi connectivity index (χ1n) is 8.89. The lowest BCUT2D eigenvalue weighted by Gasteiger charge is -2.23. The van der Waals surface area contributed by atoms with Crippen molar-refractivity contribution in [3.8, 4) is 5.75 Å². The molecule has 0 amide bonds. The van der Waals surface area contributed by atoms with Crippen LogP contribution in [0.4, 0.5) is 13.2 Å². The van der Waals surface area contributed by atoms with Gasteiger partial charge in [-0.15, -0.1) is 0 Å². The molecule has 2 aromatic carbocycles. The Morgan fingerprint density at radius 3 is 2.19 bits per heavy atom. The van der Waals surface area contributed by atoms with Crippen molar-refractivity contribution in [1.29, 1.82) is 0 Å². The van der Waals surface area contributed by atoms with Gasteiger partial charge in [0.2, 0.25) is 0 Å². The van der Waals surface area contributed by atoms with Crippen LogP contribution in [0.2, 0.25) is 0 Å². The minimum Gasteiger partial charge on any atom is -0.508 e. The van der Waals surface area contributed by atoms with E-state index in [1.165, 1.54) is 0 Å². The number of aromatic nitrogens is 1. The van der Waals surface area contributed by atoms with E-state index in [9.17, 15) is 18.3 Å². The van der Waals surface area contributed by atoms with E-state index >= 15 is 0 Å². The van der Waals surface area contributed by atoms with Gasteiger partial charge in [-0.25, -0.2) is 0 Å². The number of rotatable bonds is 6. The molecule has 0 spiro atoms. The number of aryl methyl sites for hydroxylation is 2. The molecule has 3 aromatic rings. The molecule has 0 bridgehead atoms. The fourth-order valence-corrected chi connectivity index (χ4v) is 3.34. The first kappa shape index (κ1) is 19.1. The molecule has 2 nitrogen and oxygen atoms in total. The Balaban J connectivity index is 1.86. The lowest BCUT2D eigenvalue weighted by Crippen LogP contribution is -2.26. The molecule has 0 saturated heterocycles. The Hall–Kier alpha value is -2.69. The van der Waals surface area contributed by atoms with Crippen LogP contribution < -0.4 is 0 Å². The van der Waals surface area contributed by atoms with Crippen LogP contribution in [-0.4, -0.2) is 15.8 Å². The van der Waals surface area contributed by atoms with Gasteiger partial charge in [0.15, 0.2) is 0 Å². The number of alkyl halides is 3. The second-order valence-corrected chi connectivity index (χ2v) is 6.75. The van der Waals surface area contributed by atoms with Crippen LogP contribution in [0.5, 0.6) is 5.75 Å². The first-order chi connectivity index (χ1) is 12.8. The number of hydrogen-bond acceptors (Lipinski definition) is 1. The van der Waals surface area contributed by atoms with E-state index in [-0.39, 0.29) is 12.2 Å². The van der Waals surface area contributed by atoms with Crippen LogP contribution in [-0.2, 0) is 19.4 Å². The summed E-state index contributed by atoms with van der Waals surface area (Å²) < 4.78 is 43.3. The molecule has 1 heterocycles. The molecule has 5 heteroatoms. The fraction of sp³-hybridized carbons (Fsp3) is 0.273. The van der Waals surface area contributed by atoms with Crippen molar-refractivity contribution in [3.63, 3.8) is 0 Å². The summed E-state index contributed by atoms with van der Waals surface area (Å²) in [6.07, 6.45) is -3.80. The van der Waals surface area contributed by atoms with E-state index in [1.54, 1.807) is 71.3 Å². The minimum absolute atomic E-state index is 0.0764. The molecular weight excluding hydrogens is 351 g/mol. The second kappa shape index (κ2) is 7.91. The molecule has 0 aliphatic heterocycles. The minimum atomic E-state index is -4.32. The van der Waals surface area contributed by atoms with Crippen molar-refractivity contribution >= 4 is 0 Å². The van der Waals surface area contributed by atoms with Crippen LogP contribution in [0.3, 0.4) is 0 Å². The van der Waals surface area contributed by atoms with Gasteiger partial charge < -0.3 is 9.67 Å². The van der Waals surface area contributed by atoms with Gasteiger partial charge in [0, 0.05) is 17.9 Å². The van der Waals surface area contributed by atoms with E-state index in [2.05, 4.69) is 0 Å². The zero-order valence-electron chi connectivity index (χ0n) is 15.1. The van der Waals surface area contributed by atoms with Crippen LogP contribution in [0, 0.1) is 6.92 Å². The normalized spacial score (nSPS) is 12.9. The third-order valence-corrected chi connectivity index (χ3v) is 4.83. The van der Waals surface area contributed by atoms with Gasteiger partial charge in [-0.2, -0.15) is 13.2 Å². The van der Waals surface area contributed by atoms with Crippen molar-refractivity contribution < 1.29 is 18.3 Å². The van der Waals surface area contributed by atoms with Gasteiger partial charge in [0.1, 0.15) is 5.75 Å². The van der Waals surface area contributed by atoms with E-state index in [4.69, 9.17) is 0 Å². The molecule has 142 valence electrons. The number of aromatic hydroxyl groups is 1. The number of phenolic OH excluding ortho intramolecular Hbond substituents is 1. The molecule has 0 aliphatic carbocycles. The van der Waals surface area contributed by atoms with Gasteiger partial charge in [0.05, 0.1) is 5.92 Å². The smallest absolute Gasteiger partial charge is 0.397 e. The van der Waals surface area contributed by atoms with Gasteiger partial charge >= 0.3 is 6.18 Å². The number of hydrogen-bond donors (Lipinski definition) is 1. The van der Waals surface area contributed by atoms with Crippen LogP contribution in [0.15, 0.2) is 66.7 Å². The fourth-order valence-electron chi connectivity index (χ4n) is 3.34. The maximum absolute atomic E-state index is 13.8. The summed E-state index contributed by atoms with van der Waals surface area (Å²) in [5, 5.41) is 9.37. The molecule has 0 fully saturated rings. The predicted octanol–water partition coefficient (Wildman–Crippen LogP) is 5.63. The van der Waals surface area contributed by atoms with E-state index < -0.39 is 12.1 Å². The van der Waals surface area contributed by atoms with Gasteiger partial charge in [-0.3, -0.25) is 0 Å². The zero-order valence-corrected chi connectivity index (χ0v) is 15.1. The summed E-state index contributed by atoms with van der Waals surface area (Å²) in [6.45, 7) is 2.29. The van der Waals surface area contributed by atoms with E-state index in [0.29, 0.717) is 24.2 Å². The number of nitrogens with zero attached hydrogens (tertiary/aromatic N) is 1. The predicted molar refractivity (Wildman–Crippen MR) is 99.9 cm³/mol. The molecule has 1 atom stereocenters. The third-order valence-electron chi connectivity index (χ3n) is 4.83. The topological polar surface area (TPSA) is 25.2 Å². The third kappa shape index (κ3) is 4.73. The van der Waals surface area contributed by atoms with Crippen LogP contribution in [0.1, 0.15) is 28.4 Å². The summed E-state index contributed by atoms with van der Waals surface area (Å²) >= 11 is 0. The molecule has 3 rings (SSSR count). The second-order valence-electron chi connectivity index (χ2n) is 6.75. The molecule has 0 saturated carbocycles. The van der Waals surface area contributed by atoms with Gasteiger partial charge in [0.25, 0.3) is 0 Å². The maximum atomic E-state index is 13.8. The number of halogens is 3. The highest BCUT2D eigenvalue weighted by atomic mass is 19.4. The van der Waals surface area contributed by atoms with Crippen LogP contribution >= 0.6 is 0 Å². The van der Waals surface area contributed by atoms with E-state index in [0.717, 1.165) is 11.3 Å². The average molecular weight is 373 g/mol.